The maximum atomic E-state index is 13.6. The first-order valence-corrected chi connectivity index (χ1v) is 15.4. The Morgan fingerprint density at radius 2 is 1.91 bits per heavy atom. The lowest BCUT2D eigenvalue weighted by Gasteiger charge is -2.33. The van der Waals surface area contributed by atoms with Crippen LogP contribution in [0.1, 0.15) is 35.4 Å². The number of ether oxygens (including phenoxy) is 1. The van der Waals surface area contributed by atoms with Crippen molar-refractivity contribution >= 4 is 56.5 Å². The number of rotatable bonds is 7. The summed E-state index contributed by atoms with van der Waals surface area (Å²) in [6.45, 7) is 0.860. The summed E-state index contributed by atoms with van der Waals surface area (Å²) in [7, 11) is 0. The standard InChI is InChI=1S/C33H28N6O4S/c34-18-21(16-20-11-12-20)32(41)38-15-5-6-22(19-38)36-30(40)29-28-27-26(13-14-35-31(27)44-29)39(33(42)37-28)23-7-4-10-25(17-23)43-24-8-2-1-3-9-24/h1-4,7-10,13-14,16-17,20,22H,5-6,11-12,15,19H2,(H,36,40)(H,37,42)/b21-16+/t22-/m1/s1. The molecule has 11 heteroatoms. The van der Waals surface area contributed by atoms with E-state index < -0.39 is 6.03 Å². The average Bonchev–Trinajstić information content (AvgIpc) is 3.79. The number of carbonyl (C=O) groups excluding carboxylic acids is 3. The number of nitrogens with one attached hydrogen (secondary N) is 2. The number of para-hydroxylation sites is 1. The summed E-state index contributed by atoms with van der Waals surface area (Å²) in [6.07, 6.45) is 6.83. The van der Waals surface area contributed by atoms with Crippen LogP contribution in [-0.4, -0.2) is 46.9 Å². The van der Waals surface area contributed by atoms with Crippen molar-refractivity contribution in [2.45, 2.75) is 31.7 Å². The van der Waals surface area contributed by atoms with Crippen molar-refractivity contribution in [1.29, 1.82) is 5.26 Å². The molecule has 2 aromatic carbocycles. The number of likely N-dealkylation sites (tertiary alicyclic amines) is 1. The Hall–Kier alpha value is -5.21. The SMILES string of the molecule is N#C/C(=C\C1CC1)C(=O)N1CCC[C@@H](NC(=O)c2sc3nccc4c3c2NC(=O)N4c2cccc(Oc3ccccc3)c2)C1. The van der Waals surface area contributed by atoms with Crippen molar-refractivity contribution in [2.24, 2.45) is 5.92 Å². The summed E-state index contributed by atoms with van der Waals surface area (Å²) < 4.78 is 5.99. The summed E-state index contributed by atoms with van der Waals surface area (Å²) in [5.74, 6) is 0.951. The zero-order chi connectivity index (χ0) is 30.2. The number of benzene rings is 2. The highest BCUT2D eigenvalue weighted by Gasteiger charge is 2.34. The van der Waals surface area contributed by atoms with Gasteiger partial charge in [-0.15, -0.1) is 11.3 Å². The van der Waals surface area contributed by atoms with Crippen molar-refractivity contribution in [3.63, 3.8) is 0 Å². The van der Waals surface area contributed by atoms with Gasteiger partial charge in [-0.3, -0.25) is 14.5 Å². The lowest BCUT2D eigenvalue weighted by atomic mass is 10.0. The maximum absolute atomic E-state index is 13.6. The third kappa shape index (κ3) is 5.36. The summed E-state index contributed by atoms with van der Waals surface area (Å²) in [4.78, 5) is 48.9. The second-order valence-corrected chi connectivity index (χ2v) is 12.1. The highest BCUT2D eigenvalue weighted by Crippen LogP contribution is 2.46. The molecular formula is C33H28N6O4S. The average molecular weight is 605 g/mol. The van der Waals surface area contributed by atoms with E-state index in [1.54, 1.807) is 34.2 Å². The molecule has 2 fully saturated rings. The molecule has 4 aromatic rings. The summed E-state index contributed by atoms with van der Waals surface area (Å²) in [5, 5.41) is 16.2. The van der Waals surface area contributed by atoms with Gasteiger partial charge in [-0.05, 0) is 61.9 Å². The third-order valence-corrected chi connectivity index (χ3v) is 9.02. The number of anilines is 3. The fraction of sp³-hybridized carbons (Fsp3) is 0.242. The Bertz CT molecular complexity index is 1860. The zero-order valence-corrected chi connectivity index (χ0v) is 24.5. The molecule has 4 amide bonds. The van der Waals surface area contributed by atoms with E-state index in [9.17, 15) is 19.6 Å². The normalized spacial score (nSPS) is 18.0. The lowest BCUT2D eigenvalue weighted by molar-refractivity contribution is -0.128. The maximum Gasteiger partial charge on any atom is 0.331 e. The molecule has 44 heavy (non-hydrogen) atoms. The summed E-state index contributed by atoms with van der Waals surface area (Å²) in [6, 6.07) is 19.8. The zero-order valence-electron chi connectivity index (χ0n) is 23.7. The molecule has 0 unspecified atom stereocenters. The van der Waals surface area contributed by atoms with E-state index in [1.807, 2.05) is 48.5 Å². The van der Waals surface area contributed by atoms with Gasteiger partial charge in [-0.1, -0.05) is 30.3 Å². The van der Waals surface area contributed by atoms with Gasteiger partial charge >= 0.3 is 6.03 Å². The number of urea groups is 1. The molecule has 2 N–H and O–H groups in total. The largest absolute Gasteiger partial charge is 0.457 e. The number of allylic oxidation sites excluding steroid dienone is 1. The van der Waals surface area contributed by atoms with Crippen LogP contribution in [0.2, 0.25) is 0 Å². The predicted octanol–water partition coefficient (Wildman–Crippen LogP) is 6.35. The molecule has 4 heterocycles. The molecule has 7 rings (SSSR count). The number of hydrogen-bond acceptors (Lipinski definition) is 7. The predicted molar refractivity (Wildman–Crippen MR) is 167 cm³/mol. The van der Waals surface area contributed by atoms with Gasteiger partial charge in [0.05, 0.1) is 22.4 Å². The first-order valence-electron chi connectivity index (χ1n) is 14.6. The molecule has 2 aliphatic heterocycles. The smallest absolute Gasteiger partial charge is 0.331 e. The van der Waals surface area contributed by atoms with E-state index in [1.165, 1.54) is 11.3 Å². The third-order valence-electron chi connectivity index (χ3n) is 7.93. The van der Waals surface area contributed by atoms with Crippen LogP contribution in [0.3, 0.4) is 0 Å². The Kier molecular flexibility index (Phi) is 7.20. The molecule has 1 atom stereocenters. The number of thiophene rings is 1. The topological polar surface area (TPSA) is 128 Å². The summed E-state index contributed by atoms with van der Waals surface area (Å²) in [5.41, 5.74) is 1.82. The van der Waals surface area contributed by atoms with Crippen molar-refractivity contribution in [3.05, 3.63) is 83.4 Å². The van der Waals surface area contributed by atoms with Crippen LogP contribution in [0.15, 0.2) is 78.5 Å². The first kappa shape index (κ1) is 27.6. The van der Waals surface area contributed by atoms with Crippen LogP contribution in [0.25, 0.3) is 10.2 Å². The molecule has 0 bridgehead atoms. The number of piperidine rings is 1. The highest BCUT2D eigenvalue weighted by molar-refractivity contribution is 7.21. The van der Waals surface area contributed by atoms with Gasteiger partial charge < -0.3 is 20.3 Å². The molecule has 3 aliphatic rings. The van der Waals surface area contributed by atoms with E-state index in [4.69, 9.17) is 4.74 Å². The fourth-order valence-corrected chi connectivity index (χ4v) is 6.69. The molecule has 1 saturated heterocycles. The van der Waals surface area contributed by atoms with Crippen LogP contribution < -0.4 is 20.3 Å². The van der Waals surface area contributed by atoms with E-state index >= 15 is 0 Å². The Morgan fingerprint density at radius 1 is 1.09 bits per heavy atom. The molecule has 220 valence electrons. The molecule has 1 saturated carbocycles. The number of hydrogen-bond donors (Lipinski definition) is 2. The van der Waals surface area contributed by atoms with Gasteiger partial charge in [0.25, 0.3) is 11.8 Å². The van der Waals surface area contributed by atoms with E-state index in [0.717, 1.165) is 12.8 Å². The Balaban J connectivity index is 1.13. The van der Waals surface area contributed by atoms with Crippen molar-refractivity contribution in [1.82, 2.24) is 15.2 Å². The molecule has 10 nitrogen and oxygen atoms in total. The van der Waals surface area contributed by atoms with Crippen molar-refractivity contribution < 1.29 is 19.1 Å². The monoisotopic (exact) mass is 604 g/mol. The minimum Gasteiger partial charge on any atom is -0.457 e. The minimum absolute atomic E-state index is 0.177. The van der Waals surface area contributed by atoms with Gasteiger partial charge in [0, 0.05) is 31.4 Å². The lowest BCUT2D eigenvalue weighted by Crippen LogP contribution is -2.50. The second-order valence-electron chi connectivity index (χ2n) is 11.1. The van der Waals surface area contributed by atoms with Crippen molar-refractivity contribution in [3.8, 4) is 17.6 Å². The van der Waals surface area contributed by atoms with E-state index in [2.05, 4.69) is 21.7 Å². The Morgan fingerprint density at radius 3 is 2.70 bits per heavy atom. The quantitative estimate of drug-likeness (QED) is 0.187. The number of amides is 4. The van der Waals surface area contributed by atoms with Crippen LogP contribution in [0.4, 0.5) is 21.9 Å². The van der Waals surface area contributed by atoms with Crippen LogP contribution in [-0.2, 0) is 4.79 Å². The number of nitriles is 1. The van der Waals surface area contributed by atoms with Gasteiger partial charge in [0.2, 0.25) is 0 Å². The first-order chi connectivity index (χ1) is 21.5. The van der Waals surface area contributed by atoms with Crippen molar-refractivity contribution in [2.75, 3.05) is 23.3 Å². The van der Waals surface area contributed by atoms with Gasteiger partial charge in [-0.25, -0.2) is 9.78 Å². The fourth-order valence-electron chi connectivity index (χ4n) is 5.67. The second kappa shape index (κ2) is 11.5. The van der Waals surface area contributed by atoms with Crippen LogP contribution >= 0.6 is 11.3 Å². The highest BCUT2D eigenvalue weighted by atomic mass is 32.1. The molecule has 2 aromatic heterocycles. The molecule has 1 aliphatic carbocycles. The number of pyridine rings is 1. The molecule has 0 spiro atoms. The number of aromatic nitrogens is 1. The van der Waals surface area contributed by atoms with Gasteiger partial charge in [-0.2, -0.15) is 5.26 Å². The van der Waals surface area contributed by atoms with E-state index in [-0.39, 0.29) is 23.4 Å². The molecular weight excluding hydrogens is 576 g/mol. The van der Waals surface area contributed by atoms with E-state index in [0.29, 0.717) is 75.5 Å². The van der Waals surface area contributed by atoms with Crippen LogP contribution in [0, 0.1) is 17.2 Å². The van der Waals surface area contributed by atoms with Gasteiger partial charge in [0.15, 0.2) is 0 Å². The molecule has 0 radical (unpaired) electrons. The number of carbonyl (C=O) groups is 3. The minimum atomic E-state index is -0.407. The van der Waals surface area contributed by atoms with Crippen LogP contribution in [0.5, 0.6) is 11.5 Å². The Labute approximate surface area is 257 Å². The van der Waals surface area contributed by atoms with Gasteiger partial charge in [0.1, 0.15) is 32.8 Å². The number of nitrogens with zero attached hydrogens (tertiary/aromatic N) is 4. The summed E-state index contributed by atoms with van der Waals surface area (Å²) >= 11 is 1.21.